The summed E-state index contributed by atoms with van der Waals surface area (Å²) in [6, 6.07) is 0. The van der Waals surface area contributed by atoms with Crippen LogP contribution in [0.5, 0.6) is 0 Å². The molecule has 104 valence electrons. The molecule has 0 fully saturated rings. The summed E-state index contributed by atoms with van der Waals surface area (Å²) in [4.78, 5) is 9.44. The number of ketones is 1. The molecule has 0 amide bonds. The van der Waals surface area contributed by atoms with Crippen LogP contribution in [-0.4, -0.2) is 53.4 Å². The smallest absolute Gasteiger partial charge is 0.144 e. The van der Waals surface area contributed by atoms with E-state index in [0.717, 1.165) is 12.5 Å². The number of rotatable bonds is 0. The lowest BCUT2D eigenvalue weighted by atomic mass is 10.6. The Morgan fingerprint density at radius 3 is 1.06 bits per heavy atom. The first-order valence-corrected chi connectivity index (χ1v) is 7.92. The average Bonchev–Trinajstić information content (AvgIpc) is 1.82. The first-order chi connectivity index (χ1) is 6.56. The summed E-state index contributed by atoms with van der Waals surface area (Å²) in [7, 11) is 0.583. The van der Waals surface area contributed by atoms with Gasteiger partial charge in [0.2, 0.25) is 0 Å². The minimum absolute atomic E-state index is 0. The van der Waals surface area contributed by atoms with Crippen LogP contribution in [0, 0.1) is 0 Å². The number of carbonyl (C=O) groups is 1. The Morgan fingerprint density at radius 2 is 1.06 bits per heavy atom. The van der Waals surface area contributed by atoms with E-state index < -0.39 is 9.84 Å². The van der Waals surface area contributed by atoms with Crippen LogP contribution < -0.4 is 0 Å². The zero-order valence-electron chi connectivity index (χ0n) is 10.9. The van der Waals surface area contributed by atoms with Crippen LogP contribution >= 0.6 is 11.8 Å². The van der Waals surface area contributed by atoms with Gasteiger partial charge in [-0.3, -0.25) is 0 Å². The lowest BCUT2D eigenvalue weighted by Gasteiger charge is -1.69. The van der Waals surface area contributed by atoms with Crippen LogP contribution in [0.25, 0.3) is 0 Å². The zero-order valence-corrected chi connectivity index (χ0v) is 12.6. The summed E-state index contributed by atoms with van der Waals surface area (Å²) in [5, 5.41) is 0. The molecule has 0 aromatic rings. The fourth-order valence-corrected chi connectivity index (χ4v) is 0. The highest BCUT2D eigenvalue weighted by atomic mass is 32.2. The summed E-state index contributed by atoms with van der Waals surface area (Å²) < 4.78 is 23.5. The van der Waals surface area contributed by atoms with Crippen LogP contribution in [0.1, 0.15) is 21.3 Å². The van der Waals surface area contributed by atoms with Gasteiger partial charge in [-0.15, -0.1) is 0 Å². The summed E-state index contributed by atoms with van der Waals surface area (Å²) in [6.45, 7) is 3.06. The Kier molecular flexibility index (Phi) is 45.1. The van der Waals surface area contributed by atoms with E-state index in [1.54, 1.807) is 26.0 Å². The number of methoxy groups -OCH3 is 1. The highest BCUT2D eigenvalue weighted by molar-refractivity contribution is 7.97. The number of sulfone groups is 1. The second kappa shape index (κ2) is 24.3. The van der Waals surface area contributed by atoms with Gasteiger partial charge in [0.25, 0.3) is 0 Å². The predicted octanol–water partition coefficient (Wildman–Crippen LogP) is 2.13. The molecule has 6 heteroatoms. The molecule has 0 aliphatic rings. The van der Waals surface area contributed by atoms with Crippen molar-refractivity contribution in [1.82, 2.24) is 0 Å². The topological polar surface area (TPSA) is 60.4 Å². The number of hydrogen-bond acceptors (Lipinski definition) is 5. The molecule has 0 atom stereocenters. The first kappa shape index (κ1) is 29.7. The quantitative estimate of drug-likeness (QED) is 0.678. The second-order valence-corrected chi connectivity index (χ2v) is 5.97. The molecule has 0 aliphatic heterocycles. The van der Waals surface area contributed by atoms with Gasteiger partial charge < -0.3 is 9.53 Å². The third-order valence-electron chi connectivity index (χ3n) is 0. The molecule has 0 bridgehead atoms. The van der Waals surface area contributed by atoms with Gasteiger partial charge >= 0.3 is 0 Å². The molecule has 0 aromatic carbocycles. The molecular weight excluding hydrogens is 248 g/mol. The maximum atomic E-state index is 9.63. The lowest BCUT2D eigenvalue weighted by molar-refractivity contribution is -0.114. The molecule has 0 radical (unpaired) electrons. The van der Waals surface area contributed by atoms with E-state index >= 15 is 0 Å². The molecule has 0 saturated carbocycles. The van der Waals surface area contributed by atoms with Gasteiger partial charge in [-0.1, -0.05) is 7.43 Å². The van der Waals surface area contributed by atoms with Gasteiger partial charge in [0.05, 0.1) is 0 Å². The Bertz CT molecular complexity index is 185. The monoisotopic (exact) mass is 276 g/mol. The van der Waals surface area contributed by atoms with E-state index in [1.807, 2.05) is 12.5 Å². The van der Waals surface area contributed by atoms with Crippen molar-refractivity contribution in [2.24, 2.45) is 0 Å². The molecule has 0 spiro atoms. The van der Waals surface area contributed by atoms with E-state index in [0.29, 0.717) is 0 Å². The number of thioether (sulfide) groups is 1. The molecule has 0 aliphatic carbocycles. The van der Waals surface area contributed by atoms with Gasteiger partial charge in [-0.25, -0.2) is 8.42 Å². The van der Waals surface area contributed by atoms with Crippen LogP contribution in [0.15, 0.2) is 0 Å². The van der Waals surface area contributed by atoms with Crippen LogP contribution in [0.3, 0.4) is 0 Å². The molecular formula is C10H28O4S2. The van der Waals surface area contributed by atoms with E-state index in [-0.39, 0.29) is 13.2 Å². The molecule has 0 saturated heterocycles. The number of hydrogen-bond donors (Lipinski definition) is 0. The van der Waals surface area contributed by atoms with Crippen molar-refractivity contribution < 1.29 is 17.9 Å². The molecule has 0 aromatic heterocycles. The predicted molar refractivity (Wildman–Crippen MR) is 76.2 cm³/mol. The molecule has 0 rings (SSSR count). The molecule has 0 unspecified atom stereocenters. The van der Waals surface area contributed by atoms with Crippen molar-refractivity contribution in [3.8, 4) is 0 Å². The summed E-state index contributed by atoms with van der Waals surface area (Å²) >= 11 is 1.75. The highest BCUT2D eigenvalue weighted by Crippen LogP contribution is 1.70. The molecule has 16 heavy (non-hydrogen) atoms. The first-order valence-electron chi connectivity index (χ1n) is 3.99. The van der Waals surface area contributed by atoms with Crippen molar-refractivity contribution >= 4 is 27.4 Å². The highest BCUT2D eigenvalue weighted by Gasteiger charge is 1.79. The van der Waals surface area contributed by atoms with Crippen LogP contribution in [0.4, 0.5) is 0 Å². The average molecular weight is 276 g/mol. The van der Waals surface area contributed by atoms with Crippen LogP contribution in [-0.2, 0) is 19.4 Å². The minimum atomic E-state index is -2.67. The van der Waals surface area contributed by atoms with E-state index in [2.05, 4.69) is 4.74 Å². The summed E-state index contributed by atoms with van der Waals surface area (Å²) in [6.07, 6.45) is 6.40. The molecule has 0 N–H and O–H groups in total. The maximum Gasteiger partial charge on any atom is 0.144 e. The van der Waals surface area contributed by atoms with Gasteiger partial charge in [-0.2, -0.15) is 11.8 Å². The Balaban J connectivity index is -0.0000000338. The van der Waals surface area contributed by atoms with E-state index in [1.165, 1.54) is 13.8 Å². The van der Waals surface area contributed by atoms with Crippen molar-refractivity contribution in [3.05, 3.63) is 0 Å². The summed E-state index contributed by atoms with van der Waals surface area (Å²) in [5.41, 5.74) is 0. The Hall–Kier alpha value is -0.0700. The van der Waals surface area contributed by atoms with E-state index in [9.17, 15) is 13.2 Å². The molecule has 0 heterocycles. The second-order valence-electron chi connectivity index (χ2n) is 2.87. The SMILES string of the molecule is C.CC(C)=O.COC.CS(C)(=O)=O.CSC. The molecule has 4 nitrogen and oxygen atoms in total. The largest absolute Gasteiger partial charge is 0.388 e. The van der Waals surface area contributed by atoms with E-state index in [4.69, 9.17) is 0 Å². The van der Waals surface area contributed by atoms with Crippen molar-refractivity contribution in [1.29, 1.82) is 0 Å². The van der Waals surface area contributed by atoms with Crippen molar-refractivity contribution in [3.63, 3.8) is 0 Å². The van der Waals surface area contributed by atoms with Gasteiger partial charge in [-0.05, 0) is 26.4 Å². The lowest BCUT2D eigenvalue weighted by Crippen LogP contribution is -1.86. The van der Waals surface area contributed by atoms with Gasteiger partial charge in [0.15, 0.2) is 0 Å². The minimum Gasteiger partial charge on any atom is -0.388 e. The number of Topliss-reactive ketones (excluding diaryl/α,β-unsaturated/α-hetero) is 1. The number of ether oxygens (including phenoxy) is 1. The third kappa shape index (κ3) is 475000. The third-order valence-corrected chi connectivity index (χ3v) is 0. The normalized spacial score (nSPS) is 7.50. The Morgan fingerprint density at radius 1 is 1.06 bits per heavy atom. The fourth-order valence-electron chi connectivity index (χ4n) is 0. The maximum absolute atomic E-state index is 9.63. The van der Waals surface area contributed by atoms with Crippen LogP contribution in [0.2, 0.25) is 0 Å². The fraction of sp³-hybridized carbons (Fsp3) is 0.900. The summed E-state index contributed by atoms with van der Waals surface area (Å²) in [5.74, 6) is 0.167. The van der Waals surface area contributed by atoms with Gasteiger partial charge in [0.1, 0.15) is 15.6 Å². The van der Waals surface area contributed by atoms with Gasteiger partial charge in [0, 0.05) is 26.7 Å². The number of carbonyl (C=O) groups excluding carboxylic acids is 1. The van der Waals surface area contributed by atoms with Crippen molar-refractivity contribution in [2.75, 3.05) is 39.2 Å². The standard InChI is InChI=1S/C3H6O.C2H6O2S.C2H6O.C2H6S.CH4/c1-3(2)4;1-5(2,3)4;2*1-3-2;/h1-2H3;1-2H3;2*1-2H3;1H4. The van der Waals surface area contributed by atoms with Crippen molar-refractivity contribution in [2.45, 2.75) is 21.3 Å². The Labute approximate surface area is 106 Å². The zero-order chi connectivity index (χ0) is 13.5.